The Balaban J connectivity index is 1.90. The van der Waals surface area contributed by atoms with Gasteiger partial charge < -0.3 is 10.1 Å². The lowest BCUT2D eigenvalue weighted by Gasteiger charge is -2.40. The highest BCUT2D eigenvalue weighted by Crippen LogP contribution is 2.44. The van der Waals surface area contributed by atoms with Crippen molar-refractivity contribution in [3.8, 4) is 5.75 Å². The summed E-state index contributed by atoms with van der Waals surface area (Å²) in [5.41, 5.74) is 0.823. The molecule has 0 aliphatic carbocycles. The van der Waals surface area contributed by atoms with Crippen LogP contribution in [0.5, 0.6) is 5.75 Å². The van der Waals surface area contributed by atoms with Gasteiger partial charge in [-0.25, -0.2) is 4.39 Å². The van der Waals surface area contributed by atoms with Gasteiger partial charge in [-0.1, -0.05) is 0 Å². The monoisotopic (exact) mass is 278 g/mol. The molecule has 2 unspecified atom stereocenters. The molecular weight excluding hydrogens is 255 g/mol. The van der Waals surface area contributed by atoms with Crippen molar-refractivity contribution >= 4 is 0 Å². The summed E-state index contributed by atoms with van der Waals surface area (Å²) in [7, 11) is 1.94. The Morgan fingerprint density at radius 2 is 2.25 bits per heavy atom. The van der Waals surface area contributed by atoms with Gasteiger partial charge in [0, 0.05) is 43.6 Å². The molecule has 1 saturated heterocycles. The second-order valence-corrected chi connectivity index (χ2v) is 6.33. The van der Waals surface area contributed by atoms with E-state index in [1.807, 2.05) is 7.05 Å². The molecule has 3 nitrogen and oxygen atoms in total. The van der Waals surface area contributed by atoms with E-state index in [9.17, 15) is 4.39 Å². The Bertz CT molecular complexity index is 505. The first-order chi connectivity index (χ1) is 9.53. The van der Waals surface area contributed by atoms with Gasteiger partial charge in [0.1, 0.15) is 17.2 Å². The molecule has 2 atom stereocenters. The van der Waals surface area contributed by atoms with Crippen LogP contribution in [0.15, 0.2) is 18.2 Å². The van der Waals surface area contributed by atoms with Gasteiger partial charge in [0.05, 0.1) is 0 Å². The number of hydrogen-bond donors (Lipinski definition) is 1. The van der Waals surface area contributed by atoms with Gasteiger partial charge in [0.15, 0.2) is 0 Å². The summed E-state index contributed by atoms with van der Waals surface area (Å²) >= 11 is 0. The van der Waals surface area contributed by atoms with E-state index in [4.69, 9.17) is 4.74 Å². The van der Waals surface area contributed by atoms with Crippen molar-refractivity contribution in [3.05, 3.63) is 29.6 Å². The van der Waals surface area contributed by atoms with Crippen molar-refractivity contribution in [2.45, 2.75) is 44.4 Å². The first-order valence-corrected chi connectivity index (χ1v) is 7.43. The minimum Gasteiger partial charge on any atom is -0.485 e. The highest BCUT2D eigenvalue weighted by atomic mass is 19.1. The molecule has 20 heavy (non-hydrogen) atoms. The third-order valence-corrected chi connectivity index (χ3v) is 4.67. The smallest absolute Gasteiger partial charge is 0.125 e. The summed E-state index contributed by atoms with van der Waals surface area (Å²) < 4.78 is 19.7. The van der Waals surface area contributed by atoms with Crippen LogP contribution in [-0.2, 0) is 0 Å². The van der Waals surface area contributed by atoms with E-state index in [0.717, 1.165) is 37.2 Å². The van der Waals surface area contributed by atoms with Crippen LogP contribution in [0, 0.1) is 5.82 Å². The van der Waals surface area contributed by atoms with Gasteiger partial charge in [-0.2, -0.15) is 0 Å². The molecule has 0 saturated carbocycles. The molecule has 1 aromatic rings. The number of nitrogens with zero attached hydrogens (tertiary/aromatic N) is 1. The molecule has 1 fully saturated rings. The van der Waals surface area contributed by atoms with Gasteiger partial charge in [0.2, 0.25) is 0 Å². The third kappa shape index (κ3) is 2.31. The fourth-order valence-corrected chi connectivity index (χ4v) is 3.47. The standard InChI is InChI=1S/C16H23FN2O/c1-11(2)19-7-6-16(10-19)9-14(18-3)13-8-12(17)4-5-15(13)20-16/h4-5,8,11,14,18H,6-7,9-10H2,1-3H3. The number of fused-ring (bicyclic) bond motifs is 1. The van der Waals surface area contributed by atoms with Crippen LogP contribution >= 0.6 is 0 Å². The van der Waals surface area contributed by atoms with E-state index < -0.39 is 0 Å². The average molecular weight is 278 g/mol. The Morgan fingerprint density at radius 1 is 1.45 bits per heavy atom. The maximum absolute atomic E-state index is 13.4. The Kier molecular flexibility index (Phi) is 3.46. The molecule has 2 aliphatic rings. The molecule has 0 bridgehead atoms. The Morgan fingerprint density at radius 3 is 2.90 bits per heavy atom. The second-order valence-electron chi connectivity index (χ2n) is 6.33. The van der Waals surface area contributed by atoms with Crippen molar-refractivity contribution in [3.63, 3.8) is 0 Å². The molecule has 1 N–H and O–H groups in total. The van der Waals surface area contributed by atoms with Crippen molar-refractivity contribution in [2.75, 3.05) is 20.1 Å². The van der Waals surface area contributed by atoms with Crippen LogP contribution in [-0.4, -0.2) is 36.7 Å². The molecular formula is C16H23FN2O. The molecule has 2 aliphatic heterocycles. The fraction of sp³-hybridized carbons (Fsp3) is 0.625. The molecule has 110 valence electrons. The predicted molar refractivity (Wildman–Crippen MR) is 77.5 cm³/mol. The summed E-state index contributed by atoms with van der Waals surface area (Å²) in [6.07, 6.45) is 1.95. The molecule has 3 rings (SSSR count). The highest BCUT2D eigenvalue weighted by molar-refractivity contribution is 5.39. The SMILES string of the molecule is CNC1CC2(CCN(C(C)C)C2)Oc2ccc(F)cc21. The molecule has 0 aromatic heterocycles. The van der Waals surface area contributed by atoms with Crippen molar-refractivity contribution < 1.29 is 9.13 Å². The highest BCUT2D eigenvalue weighted by Gasteiger charge is 2.46. The van der Waals surface area contributed by atoms with Crippen LogP contribution in [0.3, 0.4) is 0 Å². The average Bonchev–Trinajstić information content (AvgIpc) is 2.82. The quantitative estimate of drug-likeness (QED) is 0.900. The molecule has 0 radical (unpaired) electrons. The molecule has 1 aromatic carbocycles. The maximum atomic E-state index is 13.4. The number of rotatable bonds is 2. The van der Waals surface area contributed by atoms with Crippen molar-refractivity contribution in [1.29, 1.82) is 0 Å². The van der Waals surface area contributed by atoms with E-state index in [2.05, 4.69) is 24.1 Å². The minimum absolute atomic E-state index is 0.122. The zero-order valence-corrected chi connectivity index (χ0v) is 12.4. The summed E-state index contributed by atoms with van der Waals surface area (Å²) in [6.45, 7) is 6.48. The number of hydrogen-bond acceptors (Lipinski definition) is 3. The van der Waals surface area contributed by atoms with Crippen molar-refractivity contribution in [2.24, 2.45) is 0 Å². The number of likely N-dealkylation sites (tertiary alicyclic amines) is 1. The minimum atomic E-state index is -0.196. The topological polar surface area (TPSA) is 24.5 Å². The zero-order valence-electron chi connectivity index (χ0n) is 12.4. The van der Waals surface area contributed by atoms with Gasteiger partial charge in [-0.05, 0) is 39.1 Å². The summed E-state index contributed by atoms with van der Waals surface area (Å²) in [5.74, 6) is 0.640. The third-order valence-electron chi connectivity index (χ3n) is 4.67. The molecule has 4 heteroatoms. The van der Waals surface area contributed by atoms with E-state index >= 15 is 0 Å². The summed E-state index contributed by atoms with van der Waals surface area (Å²) in [6, 6.07) is 5.56. The van der Waals surface area contributed by atoms with Crippen molar-refractivity contribution in [1.82, 2.24) is 10.2 Å². The lowest BCUT2D eigenvalue weighted by Crippen LogP contribution is -2.46. The number of ether oxygens (including phenoxy) is 1. The van der Waals surface area contributed by atoms with E-state index in [1.54, 1.807) is 12.1 Å². The fourth-order valence-electron chi connectivity index (χ4n) is 3.47. The van der Waals surface area contributed by atoms with E-state index in [1.165, 1.54) is 6.07 Å². The lowest BCUT2D eigenvalue weighted by molar-refractivity contribution is 0.0363. The Labute approximate surface area is 120 Å². The van der Waals surface area contributed by atoms with Crippen LogP contribution in [0.2, 0.25) is 0 Å². The normalized spacial score (nSPS) is 29.8. The summed E-state index contributed by atoms with van der Waals surface area (Å²) in [4.78, 5) is 2.46. The van der Waals surface area contributed by atoms with Gasteiger partial charge in [-0.3, -0.25) is 4.90 Å². The number of nitrogens with one attached hydrogen (secondary N) is 1. The molecule has 0 amide bonds. The zero-order chi connectivity index (χ0) is 14.3. The Hall–Kier alpha value is -1.13. The van der Waals surface area contributed by atoms with E-state index in [-0.39, 0.29) is 17.5 Å². The second kappa shape index (κ2) is 5.01. The van der Waals surface area contributed by atoms with Crippen LogP contribution in [0.1, 0.15) is 38.3 Å². The molecule has 2 heterocycles. The first-order valence-electron chi connectivity index (χ1n) is 7.43. The number of halogens is 1. The van der Waals surface area contributed by atoms with Gasteiger partial charge in [-0.15, -0.1) is 0 Å². The van der Waals surface area contributed by atoms with Crippen LogP contribution < -0.4 is 10.1 Å². The summed E-state index contributed by atoms with van der Waals surface area (Å²) in [5, 5.41) is 3.32. The predicted octanol–water partition coefficient (Wildman–Crippen LogP) is 2.72. The molecule has 1 spiro atoms. The largest absolute Gasteiger partial charge is 0.485 e. The maximum Gasteiger partial charge on any atom is 0.125 e. The van der Waals surface area contributed by atoms with Gasteiger partial charge in [0.25, 0.3) is 0 Å². The first kappa shape index (κ1) is 13.8. The van der Waals surface area contributed by atoms with Gasteiger partial charge >= 0.3 is 0 Å². The number of benzene rings is 1. The van der Waals surface area contributed by atoms with Crippen LogP contribution in [0.4, 0.5) is 4.39 Å². The van der Waals surface area contributed by atoms with Crippen LogP contribution in [0.25, 0.3) is 0 Å². The lowest BCUT2D eigenvalue weighted by atomic mass is 9.86. The van der Waals surface area contributed by atoms with E-state index in [0.29, 0.717) is 6.04 Å².